The summed E-state index contributed by atoms with van der Waals surface area (Å²) >= 11 is 0. The van der Waals surface area contributed by atoms with Gasteiger partial charge in [-0.2, -0.15) is 0 Å². The van der Waals surface area contributed by atoms with E-state index in [9.17, 15) is 5.11 Å². The highest BCUT2D eigenvalue weighted by Crippen LogP contribution is 2.20. The minimum atomic E-state index is -0.560. The minimum Gasteiger partial charge on any atom is -0.492 e. The van der Waals surface area contributed by atoms with Gasteiger partial charge in [0.25, 0.3) is 0 Å². The van der Waals surface area contributed by atoms with Crippen molar-refractivity contribution < 1.29 is 9.84 Å². The molecule has 1 fully saturated rings. The lowest BCUT2D eigenvalue weighted by molar-refractivity contribution is -0.0183. The second kappa shape index (κ2) is 7.46. The van der Waals surface area contributed by atoms with Crippen LogP contribution >= 0.6 is 0 Å². The van der Waals surface area contributed by atoms with Gasteiger partial charge < -0.3 is 15.6 Å². The van der Waals surface area contributed by atoms with Gasteiger partial charge in [0.1, 0.15) is 12.4 Å². The van der Waals surface area contributed by atoms with Crippen molar-refractivity contribution >= 4 is 0 Å². The van der Waals surface area contributed by atoms with Gasteiger partial charge in [0.15, 0.2) is 0 Å². The molecule has 0 saturated carbocycles. The van der Waals surface area contributed by atoms with Gasteiger partial charge in [-0.15, -0.1) is 0 Å². The molecule has 2 rings (SSSR count). The van der Waals surface area contributed by atoms with Crippen LogP contribution in [0.3, 0.4) is 0 Å². The van der Waals surface area contributed by atoms with Gasteiger partial charge >= 0.3 is 0 Å². The highest BCUT2D eigenvalue weighted by atomic mass is 16.5. The van der Waals surface area contributed by atoms with Crippen LogP contribution in [0, 0.1) is 11.8 Å². The van der Waals surface area contributed by atoms with Crippen LogP contribution in [0.4, 0.5) is 0 Å². The van der Waals surface area contributed by atoms with Crippen LogP contribution in [0.5, 0.6) is 5.75 Å². The molecule has 0 amide bonds. The first-order chi connectivity index (χ1) is 10.1. The molecule has 1 aromatic carbocycles. The molecular weight excluding hydrogens is 264 g/mol. The molecule has 1 aromatic rings. The zero-order chi connectivity index (χ0) is 15.1. The molecule has 1 aliphatic rings. The maximum absolute atomic E-state index is 10.1. The number of hydrogen-bond donors (Lipinski definition) is 2. The first-order valence-electron chi connectivity index (χ1n) is 7.46. The third-order valence-electron chi connectivity index (χ3n) is 3.60. The standard InChI is InChI=1S/C17H24N2O2/c1-17(20)8-4-10-19(14-17)11-12-21-16-7-2-5-15(13-16)6-3-9-18/h2,5,7,13,20H,4,8-12,14,18H2,1H3. The Bertz CT molecular complexity index is 517. The third kappa shape index (κ3) is 5.39. The Morgan fingerprint density at radius 1 is 1.48 bits per heavy atom. The first kappa shape index (κ1) is 15.8. The molecule has 114 valence electrons. The van der Waals surface area contributed by atoms with Crippen molar-refractivity contribution in [2.75, 3.05) is 32.8 Å². The third-order valence-corrected chi connectivity index (χ3v) is 3.60. The molecule has 0 spiro atoms. The number of aliphatic hydroxyl groups is 1. The Balaban J connectivity index is 1.80. The summed E-state index contributed by atoms with van der Waals surface area (Å²) in [6.45, 7) is 5.46. The summed E-state index contributed by atoms with van der Waals surface area (Å²) in [4.78, 5) is 2.25. The molecule has 3 N–H and O–H groups in total. The number of piperidine rings is 1. The molecule has 21 heavy (non-hydrogen) atoms. The SMILES string of the molecule is CC1(O)CCCN(CCOc2cccc(C#CCN)c2)C1. The highest BCUT2D eigenvalue weighted by molar-refractivity contribution is 5.39. The number of ether oxygens (including phenoxy) is 1. The van der Waals surface area contributed by atoms with Crippen LogP contribution in [0.2, 0.25) is 0 Å². The first-order valence-corrected chi connectivity index (χ1v) is 7.46. The molecule has 1 saturated heterocycles. The van der Waals surface area contributed by atoms with E-state index in [1.165, 1.54) is 0 Å². The molecule has 1 atom stereocenters. The highest BCUT2D eigenvalue weighted by Gasteiger charge is 2.27. The van der Waals surface area contributed by atoms with Gasteiger partial charge in [-0.3, -0.25) is 4.90 Å². The number of hydrogen-bond acceptors (Lipinski definition) is 4. The van der Waals surface area contributed by atoms with E-state index in [0.717, 1.165) is 43.8 Å². The lowest BCUT2D eigenvalue weighted by Crippen LogP contribution is -2.47. The summed E-state index contributed by atoms with van der Waals surface area (Å²) in [5, 5.41) is 10.1. The average molecular weight is 288 g/mol. The van der Waals surface area contributed by atoms with Crippen molar-refractivity contribution in [3.05, 3.63) is 29.8 Å². The van der Waals surface area contributed by atoms with E-state index in [-0.39, 0.29) is 0 Å². The number of benzene rings is 1. The topological polar surface area (TPSA) is 58.7 Å². The maximum Gasteiger partial charge on any atom is 0.120 e. The van der Waals surface area contributed by atoms with Gasteiger partial charge in [0.2, 0.25) is 0 Å². The molecule has 1 aliphatic heterocycles. The van der Waals surface area contributed by atoms with E-state index in [4.69, 9.17) is 10.5 Å². The second-order valence-electron chi connectivity index (χ2n) is 5.76. The van der Waals surface area contributed by atoms with Crippen molar-refractivity contribution in [3.63, 3.8) is 0 Å². The Hall–Kier alpha value is -1.54. The largest absolute Gasteiger partial charge is 0.492 e. The summed E-state index contributed by atoms with van der Waals surface area (Å²) in [7, 11) is 0. The Morgan fingerprint density at radius 2 is 2.33 bits per heavy atom. The van der Waals surface area contributed by atoms with Crippen LogP contribution < -0.4 is 10.5 Å². The maximum atomic E-state index is 10.1. The average Bonchev–Trinajstić information content (AvgIpc) is 2.45. The van der Waals surface area contributed by atoms with Crippen molar-refractivity contribution in [1.82, 2.24) is 4.90 Å². The van der Waals surface area contributed by atoms with Crippen LogP contribution in [0.1, 0.15) is 25.3 Å². The van der Waals surface area contributed by atoms with E-state index in [0.29, 0.717) is 13.2 Å². The summed E-state index contributed by atoms with van der Waals surface area (Å²) in [5.74, 6) is 6.65. The van der Waals surface area contributed by atoms with Crippen LogP contribution in [-0.4, -0.2) is 48.4 Å². The number of β-amino-alcohol motifs (C(OH)–C–C–N with tert-alkyl or cyclic N) is 1. The van der Waals surface area contributed by atoms with E-state index >= 15 is 0 Å². The molecule has 4 heteroatoms. The quantitative estimate of drug-likeness (QED) is 0.818. The van der Waals surface area contributed by atoms with Crippen LogP contribution in [0.15, 0.2) is 24.3 Å². The molecule has 0 aromatic heterocycles. The van der Waals surface area contributed by atoms with Crippen LogP contribution in [0.25, 0.3) is 0 Å². The Kier molecular flexibility index (Phi) is 5.63. The monoisotopic (exact) mass is 288 g/mol. The van der Waals surface area contributed by atoms with Gasteiger partial charge in [-0.25, -0.2) is 0 Å². The minimum absolute atomic E-state index is 0.361. The normalized spacial score (nSPS) is 22.4. The van der Waals surface area contributed by atoms with Gasteiger partial charge in [-0.1, -0.05) is 17.9 Å². The molecule has 1 heterocycles. The number of nitrogens with two attached hydrogens (primary N) is 1. The summed E-state index contributed by atoms with van der Waals surface area (Å²) in [6, 6.07) is 7.73. The van der Waals surface area contributed by atoms with Crippen molar-refractivity contribution in [3.8, 4) is 17.6 Å². The lowest BCUT2D eigenvalue weighted by atomic mass is 9.95. The van der Waals surface area contributed by atoms with Crippen molar-refractivity contribution in [2.45, 2.75) is 25.4 Å². The fourth-order valence-electron chi connectivity index (χ4n) is 2.62. The lowest BCUT2D eigenvalue weighted by Gasteiger charge is -2.36. The smallest absolute Gasteiger partial charge is 0.120 e. The molecule has 0 radical (unpaired) electrons. The predicted molar refractivity (Wildman–Crippen MR) is 84.2 cm³/mol. The van der Waals surface area contributed by atoms with Crippen molar-refractivity contribution in [1.29, 1.82) is 0 Å². The number of likely N-dealkylation sites (tertiary alicyclic amines) is 1. The van der Waals surface area contributed by atoms with E-state index in [1.54, 1.807) is 0 Å². The summed E-state index contributed by atoms with van der Waals surface area (Å²) in [5.41, 5.74) is 5.72. The molecule has 0 bridgehead atoms. The zero-order valence-corrected chi connectivity index (χ0v) is 12.6. The van der Waals surface area contributed by atoms with Crippen molar-refractivity contribution in [2.24, 2.45) is 5.73 Å². The number of rotatable bonds is 4. The second-order valence-corrected chi connectivity index (χ2v) is 5.76. The van der Waals surface area contributed by atoms with Gasteiger partial charge in [-0.05, 0) is 44.5 Å². The van der Waals surface area contributed by atoms with Gasteiger partial charge in [0, 0.05) is 18.7 Å². The van der Waals surface area contributed by atoms with E-state index in [1.807, 2.05) is 31.2 Å². The molecule has 1 unspecified atom stereocenters. The summed E-state index contributed by atoms with van der Waals surface area (Å²) in [6.07, 6.45) is 1.92. The number of nitrogens with zero attached hydrogens (tertiary/aromatic N) is 1. The summed E-state index contributed by atoms with van der Waals surface area (Å²) < 4.78 is 5.78. The Labute approximate surface area is 126 Å². The fourth-order valence-corrected chi connectivity index (χ4v) is 2.62. The Morgan fingerprint density at radius 3 is 3.10 bits per heavy atom. The molecule has 4 nitrogen and oxygen atoms in total. The van der Waals surface area contributed by atoms with E-state index < -0.39 is 5.60 Å². The van der Waals surface area contributed by atoms with Gasteiger partial charge in [0.05, 0.1) is 12.1 Å². The molecular formula is C17H24N2O2. The zero-order valence-electron chi connectivity index (χ0n) is 12.6. The molecule has 0 aliphatic carbocycles. The van der Waals surface area contributed by atoms with E-state index in [2.05, 4.69) is 16.7 Å². The predicted octanol–water partition coefficient (Wildman–Crippen LogP) is 1.22. The fraction of sp³-hybridized carbons (Fsp3) is 0.529. The van der Waals surface area contributed by atoms with Crippen LogP contribution in [-0.2, 0) is 0 Å².